The maximum atomic E-state index is 13.1. The average Bonchev–Trinajstić information content (AvgIpc) is 3.40. The number of benzene rings is 2. The number of aliphatic hydroxyl groups is 1. The van der Waals surface area contributed by atoms with E-state index in [1.54, 1.807) is 11.8 Å². The third kappa shape index (κ3) is 6.10. The number of aliphatic hydroxyl groups excluding tert-OH is 1. The van der Waals surface area contributed by atoms with E-state index in [-0.39, 0.29) is 36.3 Å². The summed E-state index contributed by atoms with van der Waals surface area (Å²) < 4.78 is 15.2. The predicted molar refractivity (Wildman–Crippen MR) is 166 cm³/mol. The number of nitrogens with zero attached hydrogens (tertiary/aromatic N) is 2. The van der Waals surface area contributed by atoms with Crippen LogP contribution in [0.1, 0.15) is 74.5 Å². The molecule has 1 aromatic heterocycles. The molecule has 1 saturated heterocycles. The predicted octanol–water partition coefficient (Wildman–Crippen LogP) is 6.59. The smallest absolute Gasteiger partial charge is 0.319 e. The topological polar surface area (TPSA) is 97.6 Å². The zero-order valence-corrected chi connectivity index (χ0v) is 25.8. The van der Waals surface area contributed by atoms with E-state index < -0.39 is 6.29 Å². The van der Waals surface area contributed by atoms with Crippen molar-refractivity contribution in [2.75, 3.05) is 11.1 Å². The zero-order chi connectivity index (χ0) is 29.6. The van der Waals surface area contributed by atoms with Gasteiger partial charge in [-0.2, -0.15) is 0 Å². The van der Waals surface area contributed by atoms with Crippen LogP contribution in [0.15, 0.2) is 66.1 Å². The first kappa shape index (κ1) is 28.9. The van der Waals surface area contributed by atoms with Crippen molar-refractivity contribution < 1.29 is 19.4 Å². The highest BCUT2D eigenvalue weighted by Crippen LogP contribution is 2.55. The Hall–Kier alpha value is -2.85. The van der Waals surface area contributed by atoms with E-state index >= 15 is 0 Å². The fraction of sp³-hybridized carbons (Fsp3) is 0.529. The molecule has 43 heavy (non-hydrogen) atoms. The summed E-state index contributed by atoms with van der Waals surface area (Å²) in [7, 11) is 2.00. The van der Waals surface area contributed by atoms with Gasteiger partial charge in [0, 0.05) is 47.9 Å². The Labute approximate surface area is 258 Å². The molecule has 1 aliphatic heterocycles. The van der Waals surface area contributed by atoms with Gasteiger partial charge in [-0.15, -0.1) is 0 Å². The number of hydrogen-bond donors (Lipinski definition) is 3. The molecule has 8 nitrogen and oxygen atoms in total. The van der Waals surface area contributed by atoms with Gasteiger partial charge in [-0.25, -0.2) is 9.78 Å². The normalized spacial score (nSPS) is 33.0. The van der Waals surface area contributed by atoms with Crippen LogP contribution >= 0.6 is 11.8 Å². The molecular weight excluding hydrogens is 560 g/mol. The molecule has 228 valence electrons. The molecule has 0 unspecified atom stereocenters. The Kier molecular flexibility index (Phi) is 8.01. The monoisotopic (exact) mass is 602 g/mol. The number of ether oxygens (including phenoxy) is 2. The minimum Gasteiger partial charge on any atom is -0.392 e. The van der Waals surface area contributed by atoms with Gasteiger partial charge in [0.2, 0.25) is 0 Å². The summed E-state index contributed by atoms with van der Waals surface area (Å²) in [5.41, 5.74) is 3.57. The van der Waals surface area contributed by atoms with Crippen LogP contribution in [0, 0.1) is 23.7 Å². The van der Waals surface area contributed by atoms with E-state index in [1.165, 1.54) is 19.3 Å². The number of nitrogens with one attached hydrogen (secondary N) is 2. The SMILES string of the molecule is C[C@H]1[C@@H](CSc2nccn2C)O[C@@H](c2ccc(NC(=O)NC34CC5CC(CC(C5)C3)C4)cc2)O[C@H]1c1ccc(CO)cc1. The van der Waals surface area contributed by atoms with Crippen LogP contribution in [0.5, 0.6) is 0 Å². The van der Waals surface area contributed by atoms with Crippen molar-refractivity contribution in [3.05, 3.63) is 77.6 Å². The second-order valence-corrected chi connectivity index (χ2v) is 14.3. The number of aryl methyl sites for hydroxylation is 1. The third-order valence-corrected chi connectivity index (χ3v) is 11.3. The summed E-state index contributed by atoms with van der Waals surface area (Å²) in [6.07, 6.45) is 10.4. The van der Waals surface area contributed by atoms with Crippen LogP contribution in [0.25, 0.3) is 0 Å². The Morgan fingerprint density at radius 2 is 1.65 bits per heavy atom. The highest BCUT2D eigenvalue weighted by molar-refractivity contribution is 7.99. The van der Waals surface area contributed by atoms with Gasteiger partial charge in [-0.05, 0) is 79.5 Å². The molecule has 3 aromatic rings. The van der Waals surface area contributed by atoms with Gasteiger partial charge in [-0.3, -0.25) is 0 Å². The molecule has 2 amide bonds. The number of hydrogen-bond acceptors (Lipinski definition) is 6. The molecule has 4 atom stereocenters. The second kappa shape index (κ2) is 11.9. The van der Waals surface area contributed by atoms with Crippen LogP contribution in [-0.2, 0) is 23.1 Å². The van der Waals surface area contributed by atoms with E-state index in [0.717, 1.165) is 70.3 Å². The van der Waals surface area contributed by atoms with Crippen LogP contribution < -0.4 is 10.6 Å². The van der Waals surface area contributed by atoms with Crippen LogP contribution in [0.4, 0.5) is 10.5 Å². The van der Waals surface area contributed by atoms with Gasteiger partial charge in [0.15, 0.2) is 11.4 Å². The van der Waals surface area contributed by atoms with Gasteiger partial charge in [0.25, 0.3) is 0 Å². The fourth-order valence-electron chi connectivity index (χ4n) is 8.35. The standard InChI is InChI=1S/C34H42N4O4S/c1-21-29(20-43-33-35-11-12-38(33)2)41-31(42-30(21)26-5-3-22(19-39)4-6-26)27-7-9-28(10-8-27)36-32(40)37-34-16-23-13-24(17-34)15-25(14-23)18-34/h3-12,21,23-25,29-31,39H,13-20H2,1-2H3,(H2,36,37,40)/t21-,23?,24?,25?,29+,30+,31+,34?/m0/s1. The van der Waals surface area contributed by atoms with E-state index in [2.05, 4.69) is 22.5 Å². The summed E-state index contributed by atoms with van der Waals surface area (Å²) >= 11 is 1.68. The Morgan fingerprint density at radius 3 is 2.26 bits per heavy atom. The molecule has 0 spiro atoms. The van der Waals surface area contributed by atoms with Crippen LogP contribution in [-0.4, -0.2) is 38.1 Å². The number of rotatable bonds is 8. The summed E-state index contributed by atoms with van der Waals surface area (Å²) in [4.78, 5) is 17.6. The quantitative estimate of drug-likeness (QED) is 0.252. The van der Waals surface area contributed by atoms with Crippen molar-refractivity contribution >= 4 is 23.5 Å². The van der Waals surface area contributed by atoms with Crippen molar-refractivity contribution in [2.24, 2.45) is 30.7 Å². The molecule has 5 fully saturated rings. The zero-order valence-electron chi connectivity index (χ0n) is 24.9. The lowest BCUT2D eigenvalue weighted by Gasteiger charge is -2.56. The van der Waals surface area contributed by atoms with Crippen LogP contribution in [0.2, 0.25) is 0 Å². The average molecular weight is 603 g/mol. The Bertz CT molecular complexity index is 1390. The molecule has 4 aliphatic carbocycles. The first-order chi connectivity index (χ1) is 20.9. The van der Waals surface area contributed by atoms with Crippen molar-refractivity contribution in [3.8, 4) is 0 Å². The number of urea groups is 1. The molecule has 3 N–H and O–H groups in total. The number of thioether (sulfide) groups is 1. The summed E-state index contributed by atoms with van der Waals surface area (Å²) in [5.74, 6) is 3.18. The Balaban J connectivity index is 1.04. The van der Waals surface area contributed by atoms with Crippen LogP contribution in [0.3, 0.4) is 0 Å². The van der Waals surface area contributed by atoms with E-state index in [1.807, 2.05) is 72.5 Å². The van der Waals surface area contributed by atoms with Gasteiger partial charge in [0.05, 0.1) is 18.8 Å². The van der Waals surface area contributed by atoms with Crippen molar-refractivity contribution in [2.45, 2.75) is 81.2 Å². The number of imidazole rings is 1. The first-order valence-corrected chi connectivity index (χ1v) is 16.6. The fourth-order valence-corrected chi connectivity index (χ4v) is 9.44. The number of amides is 2. The molecule has 8 rings (SSSR count). The number of carbonyl (C=O) groups is 1. The molecule has 5 aliphatic rings. The lowest BCUT2D eigenvalue weighted by Crippen LogP contribution is -2.60. The molecule has 2 aromatic carbocycles. The molecule has 4 saturated carbocycles. The molecule has 4 bridgehead atoms. The highest BCUT2D eigenvalue weighted by Gasteiger charge is 2.51. The number of aromatic nitrogens is 2. The number of carbonyl (C=O) groups excluding carboxylic acids is 1. The van der Waals surface area contributed by atoms with Gasteiger partial charge in [0.1, 0.15) is 0 Å². The van der Waals surface area contributed by atoms with Gasteiger partial charge < -0.3 is 29.8 Å². The third-order valence-electron chi connectivity index (χ3n) is 10.1. The Morgan fingerprint density at radius 1 is 1.00 bits per heavy atom. The molecule has 2 heterocycles. The number of anilines is 1. The largest absolute Gasteiger partial charge is 0.392 e. The molecular formula is C34H42N4O4S. The molecule has 9 heteroatoms. The van der Waals surface area contributed by atoms with Crippen molar-refractivity contribution in [3.63, 3.8) is 0 Å². The lowest BCUT2D eigenvalue weighted by molar-refractivity contribution is -0.268. The second-order valence-electron chi connectivity index (χ2n) is 13.4. The lowest BCUT2D eigenvalue weighted by atomic mass is 9.53. The molecule has 0 radical (unpaired) electrons. The summed E-state index contributed by atoms with van der Waals surface area (Å²) in [6.45, 7) is 2.18. The first-order valence-electron chi connectivity index (χ1n) is 15.7. The van der Waals surface area contributed by atoms with E-state index in [9.17, 15) is 9.90 Å². The van der Waals surface area contributed by atoms with Crippen molar-refractivity contribution in [1.82, 2.24) is 14.9 Å². The minimum atomic E-state index is -0.555. The maximum Gasteiger partial charge on any atom is 0.319 e. The van der Waals surface area contributed by atoms with Gasteiger partial charge in [-0.1, -0.05) is 55.1 Å². The van der Waals surface area contributed by atoms with Gasteiger partial charge >= 0.3 is 6.03 Å². The minimum absolute atomic E-state index is 0.0109. The van der Waals surface area contributed by atoms with Crippen molar-refractivity contribution in [1.29, 1.82) is 0 Å². The van der Waals surface area contributed by atoms with E-state index in [0.29, 0.717) is 0 Å². The maximum absolute atomic E-state index is 13.1. The highest BCUT2D eigenvalue weighted by atomic mass is 32.2. The summed E-state index contributed by atoms with van der Waals surface area (Å²) in [6, 6.07) is 15.7. The van der Waals surface area contributed by atoms with E-state index in [4.69, 9.17) is 9.47 Å². The summed E-state index contributed by atoms with van der Waals surface area (Å²) in [5, 5.41) is 17.0.